The zero-order valence-corrected chi connectivity index (χ0v) is 14.7. The van der Waals surface area contributed by atoms with E-state index in [0.29, 0.717) is 24.6 Å². The van der Waals surface area contributed by atoms with Crippen LogP contribution in [0.15, 0.2) is 30.3 Å². The van der Waals surface area contributed by atoms with Crippen molar-refractivity contribution in [2.45, 2.75) is 32.1 Å². The molecule has 0 spiro atoms. The number of nitrogens with one attached hydrogen (secondary N) is 2. The molecule has 0 saturated heterocycles. The maximum atomic E-state index is 12.2. The van der Waals surface area contributed by atoms with Crippen LogP contribution in [0.5, 0.6) is 5.75 Å². The van der Waals surface area contributed by atoms with E-state index in [1.54, 1.807) is 6.07 Å². The fourth-order valence-electron chi connectivity index (χ4n) is 2.78. The molecule has 1 aliphatic carbocycles. The first-order valence-electron chi connectivity index (χ1n) is 8.85. The number of aromatic nitrogens is 2. The third-order valence-electron chi connectivity index (χ3n) is 4.42. The molecule has 1 aromatic carbocycles. The molecule has 3 rings (SSSR count). The lowest BCUT2D eigenvalue weighted by atomic mass is 9.99. The fourth-order valence-corrected chi connectivity index (χ4v) is 2.78. The van der Waals surface area contributed by atoms with Crippen molar-refractivity contribution in [1.82, 2.24) is 15.5 Å². The van der Waals surface area contributed by atoms with E-state index >= 15 is 0 Å². The molecule has 1 fully saturated rings. The van der Waals surface area contributed by atoms with E-state index < -0.39 is 11.9 Å². The molecule has 7 nitrogen and oxygen atoms in total. The monoisotopic (exact) mass is 357 g/mol. The Bertz CT molecular complexity index is 765. The van der Waals surface area contributed by atoms with Gasteiger partial charge in [-0.2, -0.15) is 5.10 Å². The van der Waals surface area contributed by atoms with Gasteiger partial charge < -0.3 is 15.2 Å². The summed E-state index contributed by atoms with van der Waals surface area (Å²) < 4.78 is 5.38. The molecule has 1 aliphatic rings. The number of nitrogens with zero attached hydrogens (tertiary/aromatic N) is 1. The molecule has 1 aromatic heterocycles. The average molecular weight is 357 g/mol. The molecule has 0 aliphatic heterocycles. The molecule has 7 heteroatoms. The Morgan fingerprint density at radius 3 is 2.69 bits per heavy atom. The highest BCUT2D eigenvalue weighted by Gasteiger charge is 2.27. The second kappa shape index (κ2) is 8.03. The number of aliphatic carboxylic acids is 1. The first kappa shape index (κ1) is 18.0. The van der Waals surface area contributed by atoms with Crippen LogP contribution in [-0.2, 0) is 11.2 Å². The maximum Gasteiger partial charge on any atom is 0.308 e. The lowest BCUT2D eigenvalue weighted by molar-refractivity contribution is -0.141. The van der Waals surface area contributed by atoms with Gasteiger partial charge in [-0.3, -0.25) is 14.7 Å². The van der Waals surface area contributed by atoms with E-state index in [-0.39, 0.29) is 12.5 Å². The molecule has 1 atom stereocenters. The molecule has 1 unspecified atom stereocenters. The summed E-state index contributed by atoms with van der Waals surface area (Å²) >= 11 is 0. The number of hydrogen-bond donors (Lipinski definition) is 3. The van der Waals surface area contributed by atoms with Crippen molar-refractivity contribution in [3.05, 3.63) is 47.3 Å². The topological polar surface area (TPSA) is 104 Å². The number of carbonyl (C=O) groups is 2. The van der Waals surface area contributed by atoms with Gasteiger partial charge in [0.25, 0.3) is 5.91 Å². The summed E-state index contributed by atoms with van der Waals surface area (Å²) in [5.41, 5.74) is 2.15. The molecular weight excluding hydrogens is 334 g/mol. The third kappa shape index (κ3) is 4.62. The van der Waals surface area contributed by atoms with Gasteiger partial charge in [-0.05, 0) is 49.9 Å². The number of carbonyl (C=O) groups excluding carboxylic acids is 1. The zero-order valence-electron chi connectivity index (χ0n) is 14.7. The van der Waals surface area contributed by atoms with Crippen LogP contribution in [0.2, 0.25) is 0 Å². The number of H-pyrrole nitrogens is 1. The molecular formula is C19H23N3O4. The Morgan fingerprint density at radius 1 is 1.35 bits per heavy atom. The van der Waals surface area contributed by atoms with Crippen molar-refractivity contribution in [3.63, 3.8) is 0 Å². The second-order valence-electron chi connectivity index (χ2n) is 6.51. The first-order chi connectivity index (χ1) is 12.6. The van der Waals surface area contributed by atoms with Crippen LogP contribution in [-0.4, -0.2) is 40.3 Å². The number of aromatic amines is 1. The van der Waals surface area contributed by atoms with Gasteiger partial charge in [0.05, 0.1) is 12.5 Å². The normalized spacial score (nSPS) is 14.7. The van der Waals surface area contributed by atoms with Crippen LogP contribution in [0.3, 0.4) is 0 Å². The standard InChI is InChI=1S/C19H23N3O4/c1-2-26-15-7-3-12(4-8-15)9-14(19(24)25)11-20-18(23)17-10-16(21-22-17)13-5-6-13/h3-4,7-8,10,13-14H,2,5-6,9,11H2,1H3,(H,20,23)(H,21,22)(H,24,25). The van der Waals surface area contributed by atoms with Crippen LogP contribution < -0.4 is 10.1 Å². The highest BCUT2D eigenvalue weighted by atomic mass is 16.5. The third-order valence-corrected chi connectivity index (χ3v) is 4.42. The highest BCUT2D eigenvalue weighted by molar-refractivity contribution is 5.92. The Morgan fingerprint density at radius 2 is 2.08 bits per heavy atom. The lowest BCUT2D eigenvalue weighted by Gasteiger charge is -2.13. The number of amides is 1. The number of hydrogen-bond acceptors (Lipinski definition) is 4. The fraction of sp³-hybridized carbons (Fsp3) is 0.421. The summed E-state index contributed by atoms with van der Waals surface area (Å²) in [6, 6.07) is 9.07. The zero-order chi connectivity index (χ0) is 18.5. The maximum absolute atomic E-state index is 12.2. The van der Waals surface area contributed by atoms with Crippen LogP contribution in [0.25, 0.3) is 0 Å². The van der Waals surface area contributed by atoms with Gasteiger partial charge in [-0.1, -0.05) is 12.1 Å². The van der Waals surface area contributed by atoms with E-state index in [1.807, 2.05) is 31.2 Å². The molecule has 2 aromatic rings. The smallest absolute Gasteiger partial charge is 0.308 e. The molecule has 0 radical (unpaired) electrons. The number of benzene rings is 1. The molecule has 1 saturated carbocycles. The quantitative estimate of drug-likeness (QED) is 0.639. The molecule has 1 amide bonds. The number of rotatable bonds is 9. The van der Waals surface area contributed by atoms with Crippen LogP contribution in [0.4, 0.5) is 0 Å². The first-order valence-corrected chi connectivity index (χ1v) is 8.85. The van der Waals surface area contributed by atoms with Crippen molar-refractivity contribution in [3.8, 4) is 5.75 Å². The van der Waals surface area contributed by atoms with Crippen molar-refractivity contribution in [1.29, 1.82) is 0 Å². The van der Waals surface area contributed by atoms with Crippen LogP contribution >= 0.6 is 0 Å². The molecule has 1 heterocycles. The summed E-state index contributed by atoms with van der Waals surface area (Å²) in [5.74, 6) is -0.776. The summed E-state index contributed by atoms with van der Waals surface area (Å²) in [4.78, 5) is 23.7. The van der Waals surface area contributed by atoms with Gasteiger partial charge in [0.1, 0.15) is 11.4 Å². The predicted octanol–water partition coefficient (Wildman–Crippen LogP) is 2.36. The van der Waals surface area contributed by atoms with Crippen molar-refractivity contribution in [2.75, 3.05) is 13.2 Å². The Hall–Kier alpha value is -2.83. The number of ether oxygens (including phenoxy) is 1. The Labute approximate surface area is 151 Å². The van der Waals surface area contributed by atoms with E-state index in [2.05, 4.69) is 15.5 Å². The predicted molar refractivity (Wildman–Crippen MR) is 95.3 cm³/mol. The average Bonchev–Trinajstić information content (AvgIpc) is 3.36. The van der Waals surface area contributed by atoms with Gasteiger partial charge in [0.2, 0.25) is 0 Å². The van der Waals surface area contributed by atoms with Gasteiger partial charge in [-0.15, -0.1) is 0 Å². The summed E-state index contributed by atoms with van der Waals surface area (Å²) in [6.45, 7) is 2.54. The van der Waals surface area contributed by atoms with Crippen molar-refractivity contribution >= 4 is 11.9 Å². The van der Waals surface area contributed by atoms with Gasteiger partial charge >= 0.3 is 5.97 Å². The van der Waals surface area contributed by atoms with E-state index in [0.717, 1.165) is 29.8 Å². The minimum absolute atomic E-state index is 0.0486. The van der Waals surface area contributed by atoms with E-state index in [9.17, 15) is 14.7 Å². The number of carboxylic acid groups (broad SMARTS) is 1. The van der Waals surface area contributed by atoms with Gasteiger partial charge in [-0.25, -0.2) is 0 Å². The lowest BCUT2D eigenvalue weighted by Crippen LogP contribution is -2.34. The largest absolute Gasteiger partial charge is 0.494 e. The van der Waals surface area contributed by atoms with Crippen LogP contribution in [0, 0.1) is 5.92 Å². The SMILES string of the molecule is CCOc1ccc(CC(CNC(=O)c2cc(C3CC3)[nH]n2)C(=O)O)cc1. The summed E-state index contributed by atoms with van der Waals surface area (Å²) in [7, 11) is 0. The summed E-state index contributed by atoms with van der Waals surface area (Å²) in [6.07, 6.45) is 2.56. The van der Waals surface area contributed by atoms with Crippen molar-refractivity contribution in [2.24, 2.45) is 5.92 Å². The van der Waals surface area contributed by atoms with E-state index in [1.165, 1.54) is 0 Å². The van der Waals surface area contributed by atoms with Gasteiger partial charge in [0.15, 0.2) is 0 Å². The minimum Gasteiger partial charge on any atom is -0.494 e. The Kier molecular flexibility index (Phi) is 5.55. The van der Waals surface area contributed by atoms with E-state index in [4.69, 9.17) is 4.74 Å². The van der Waals surface area contributed by atoms with Crippen molar-refractivity contribution < 1.29 is 19.4 Å². The molecule has 0 bridgehead atoms. The summed E-state index contributed by atoms with van der Waals surface area (Å²) in [5, 5.41) is 19.0. The molecule has 138 valence electrons. The molecule has 3 N–H and O–H groups in total. The Balaban J connectivity index is 1.55. The molecule has 26 heavy (non-hydrogen) atoms. The van der Waals surface area contributed by atoms with Crippen LogP contribution in [0.1, 0.15) is 47.4 Å². The second-order valence-corrected chi connectivity index (χ2v) is 6.51. The highest BCUT2D eigenvalue weighted by Crippen LogP contribution is 2.38. The minimum atomic E-state index is -0.945. The van der Waals surface area contributed by atoms with Gasteiger partial charge in [0, 0.05) is 18.2 Å². The number of carboxylic acids is 1.